The highest BCUT2D eigenvalue weighted by atomic mass is 35.5. The molecule has 0 aliphatic rings. The van der Waals surface area contributed by atoms with Gasteiger partial charge in [-0.2, -0.15) is 0 Å². The molecule has 2 heterocycles. The first-order chi connectivity index (χ1) is 10.3. The summed E-state index contributed by atoms with van der Waals surface area (Å²) in [6.45, 7) is 5.07. The molecule has 1 aromatic carbocycles. The van der Waals surface area contributed by atoms with Crippen LogP contribution in [-0.4, -0.2) is 17.7 Å². The maximum atomic E-state index is 6.04. The molecule has 0 amide bonds. The van der Waals surface area contributed by atoms with E-state index in [9.17, 15) is 0 Å². The van der Waals surface area contributed by atoms with E-state index >= 15 is 0 Å². The van der Waals surface area contributed by atoms with Gasteiger partial charge in [-0.3, -0.25) is 0 Å². The lowest BCUT2D eigenvalue weighted by Crippen LogP contribution is -2.15. The summed E-state index contributed by atoms with van der Waals surface area (Å²) >= 11 is 7.69. The second-order valence-electron chi connectivity index (χ2n) is 5.11. The summed E-state index contributed by atoms with van der Waals surface area (Å²) in [5.74, 6) is 0. The molecule has 0 saturated carbocycles. The maximum Gasteiger partial charge on any atom is 0.0931 e. The number of aromatic nitrogens is 1. The Morgan fingerprint density at radius 1 is 1.19 bits per heavy atom. The van der Waals surface area contributed by atoms with Gasteiger partial charge in [-0.25, -0.2) is 0 Å². The fourth-order valence-electron chi connectivity index (χ4n) is 2.66. The number of nitrogens with zero attached hydrogens (tertiary/aromatic N) is 1. The van der Waals surface area contributed by atoms with E-state index in [1.807, 2.05) is 6.07 Å². The van der Waals surface area contributed by atoms with Crippen molar-refractivity contribution in [2.45, 2.75) is 19.9 Å². The molecule has 0 fully saturated rings. The highest BCUT2D eigenvalue weighted by Crippen LogP contribution is 2.26. The zero-order chi connectivity index (χ0) is 14.7. The van der Waals surface area contributed by atoms with Crippen molar-refractivity contribution < 1.29 is 0 Å². The minimum Gasteiger partial charge on any atom is -0.342 e. The molecule has 4 heteroatoms. The maximum absolute atomic E-state index is 6.04. The van der Waals surface area contributed by atoms with Crippen molar-refractivity contribution >= 4 is 33.8 Å². The first-order valence-corrected chi connectivity index (χ1v) is 8.49. The van der Waals surface area contributed by atoms with Crippen LogP contribution in [0.1, 0.15) is 17.4 Å². The molecule has 0 unspecified atom stereocenters. The van der Waals surface area contributed by atoms with Crippen molar-refractivity contribution in [1.82, 2.24) is 9.88 Å². The standard InChI is InChI=1S/C17H19ClN2S/c1-2-19-10-9-13-11-20(12-14-7-8-17(18)21-14)16-6-4-3-5-15(13)16/h3-8,11,19H,2,9-10,12H2,1H3. The fourth-order valence-corrected chi connectivity index (χ4v) is 3.74. The highest BCUT2D eigenvalue weighted by Gasteiger charge is 2.09. The summed E-state index contributed by atoms with van der Waals surface area (Å²) in [5, 5.41) is 4.76. The zero-order valence-electron chi connectivity index (χ0n) is 12.1. The normalized spacial score (nSPS) is 11.3. The molecule has 0 atom stereocenters. The molecule has 0 saturated heterocycles. The van der Waals surface area contributed by atoms with Gasteiger partial charge in [0.2, 0.25) is 0 Å². The summed E-state index contributed by atoms with van der Waals surface area (Å²) in [4.78, 5) is 1.29. The zero-order valence-corrected chi connectivity index (χ0v) is 13.7. The minimum atomic E-state index is 0.855. The van der Waals surface area contributed by atoms with Gasteiger partial charge in [0, 0.05) is 22.0 Å². The number of rotatable bonds is 6. The molecule has 0 aliphatic heterocycles. The van der Waals surface area contributed by atoms with E-state index in [1.165, 1.54) is 21.3 Å². The van der Waals surface area contributed by atoms with E-state index in [4.69, 9.17) is 11.6 Å². The third-order valence-electron chi connectivity index (χ3n) is 3.65. The Balaban J connectivity index is 1.90. The molecule has 0 bridgehead atoms. The number of thiophene rings is 1. The Morgan fingerprint density at radius 3 is 2.81 bits per heavy atom. The van der Waals surface area contributed by atoms with Crippen molar-refractivity contribution in [1.29, 1.82) is 0 Å². The van der Waals surface area contributed by atoms with Crippen molar-refractivity contribution in [2.75, 3.05) is 13.1 Å². The number of para-hydroxylation sites is 1. The fraction of sp³-hybridized carbons (Fsp3) is 0.294. The average Bonchev–Trinajstić information content (AvgIpc) is 3.05. The predicted molar refractivity (Wildman–Crippen MR) is 92.6 cm³/mol. The van der Waals surface area contributed by atoms with Gasteiger partial charge in [-0.1, -0.05) is 36.7 Å². The van der Waals surface area contributed by atoms with E-state index in [-0.39, 0.29) is 0 Å². The number of nitrogens with one attached hydrogen (secondary N) is 1. The van der Waals surface area contributed by atoms with Gasteiger partial charge in [0.25, 0.3) is 0 Å². The third-order valence-corrected chi connectivity index (χ3v) is 4.86. The van der Waals surface area contributed by atoms with Gasteiger partial charge in [0.1, 0.15) is 0 Å². The molecule has 3 aromatic rings. The van der Waals surface area contributed by atoms with Crippen LogP contribution in [0.15, 0.2) is 42.6 Å². The Hall–Kier alpha value is -1.29. The largest absolute Gasteiger partial charge is 0.342 e. The lowest BCUT2D eigenvalue weighted by molar-refractivity contribution is 0.716. The van der Waals surface area contributed by atoms with Gasteiger partial charge in [0.15, 0.2) is 0 Å². The van der Waals surface area contributed by atoms with Crippen molar-refractivity contribution in [3.8, 4) is 0 Å². The smallest absolute Gasteiger partial charge is 0.0931 e. The van der Waals surface area contributed by atoms with E-state index < -0.39 is 0 Å². The minimum absolute atomic E-state index is 0.855. The van der Waals surface area contributed by atoms with Crippen LogP contribution in [0.3, 0.4) is 0 Å². The van der Waals surface area contributed by atoms with Crippen LogP contribution in [0.25, 0.3) is 10.9 Å². The summed E-state index contributed by atoms with van der Waals surface area (Å²) in [6, 6.07) is 12.7. The van der Waals surface area contributed by atoms with Gasteiger partial charge in [0.05, 0.1) is 10.9 Å². The second-order valence-corrected chi connectivity index (χ2v) is 6.91. The van der Waals surface area contributed by atoms with Crippen LogP contribution in [0.2, 0.25) is 4.34 Å². The molecule has 2 aromatic heterocycles. The molecule has 0 radical (unpaired) electrons. The number of hydrogen-bond donors (Lipinski definition) is 1. The monoisotopic (exact) mass is 318 g/mol. The van der Waals surface area contributed by atoms with Crippen molar-refractivity contribution in [2.24, 2.45) is 0 Å². The van der Waals surface area contributed by atoms with Crippen molar-refractivity contribution in [3.63, 3.8) is 0 Å². The number of hydrogen-bond acceptors (Lipinski definition) is 2. The summed E-state index contributed by atoms with van der Waals surface area (Å²) < 4.78 is 3.19. The summed E-state index contributed by atoms with van der Waals surface area (Å²) in [7, 11) is 0. The van der Waals surface area contributed by atoms with Crippen LogP contribution in [-0.2, 0) is 13.0 Å². The number of benzene rings is 1. The molecule has 0 spiro atoms. The Kier molecular flexibility index (Phi) is 4.63. The summed E-state index contributed by atoms with van der Waals surface area (Å²) in [6.07, 6.45) is 3.35. The molecule has 1 N–H and O–H groups in total. The van der Waals surface area contributed by atoms with E-state index in [2.05, 4.69) is 53.3 Å². The lowest BCUT2D eigenvalue weighted by Gasteiger charge is -2.02. The van der Waals surface area contributed by atoms with Crippen molar-refractivity contribution in [3.05, 3.63) is 57.4 Å². The quantitative estimate of drug-likeness (QED) is 0.659. The molecule has 0 aliphatic carbocycles. The lowest BCUT2D eigenvalue weighted by atomic mass is 10.1. The second kappa shape index (κ2) is 6.65. The van der Waals surface area contributed by atoms with E-state index in [0.717, 1.165) is 30.4 Å². The van der Waals surface area contributed by atoms with Crippen LogP contribution >= 0.6 is 22.9 Å². The molecular formula is C17H19ClN2S. The molecule has 21 heavy (non-hydrogen) atoms. The highest BCUT2D eigenvalue weighted by molar-refractivity contribution is 7.16. The topological polar surface area (TPSA) is 17.0 Å². The van der Waals surface area contributed by atoms with Gasteiger partial charge >= 0.3 is 0 Å². The molecule has 2 nitrogen and oxygen atoms in total. The van der Waals surface area contributed by atoms with Crippen LogP contribution in [0.5, 0.6) is 0 Å². The average molecular weight is 319 g/mol. The third kappa shape index (κ3) is 3.31. The SMILES string of the molecule is CCNCCc1cn(Cc2ccc(Cl)s2)c2ccccc12. The van der Waals surface area contributed by atoms with E-state index in [1.54, 1.807) is 11.3 Å². The van der Waals surface area contributed by atoms with E-state index in [0.29, 0.717) is 0 Å². The summed E-state index contributed by atoms with van der Waals surface area (Å²) in [5.41, 5.74) is 2.71. The van der Waals surface area contributed by atoms with Gasteiger partial charge in [-0.15, -0.1) is 11.3 Å². The molecule has 110 valence electrons. The van der Waals surface area contributed by atoms with Gasteiger partial charge < -0.3 is 9.88 Å². The van der Waals surface area contributed by atoms with Crippen LogP contribution in [0, 0.1) is 0 Å². The first kappa shape index (κ1) is 14.6. The predicted octanol–water partition coefficient (Wildman–Crippen LogP) is 4.56. The van der Waals surface area contributed by atoms with Crippen LogP contribution in [0.4, 0.5) is 0 Å². The molecule has 3 rings (SSSR count). The molecular weight excluding hydrogens is 300 g/mol. The Morgan fingerprint density at radius 2 is 2.05 bits per heavy atom. The number of fused-ring (bicyclic) bond motifs is 1. The first-order valence-electron chi connectivity index (χ1n) is 7.29. The number of likely N-dealkylation sites (N-methyl/N-ethyl adjacent to an activating group) is 1. The van der Waals surface area contributed by atoms with Gasteiger partial charge in [-0.05, 0) is 43.3 Å². The Bertz CT molecular complexity index is 729. The van der Waals surface area contributed by atoms with Crippen LogP contribution < -0.4 is 5.32 Å². The Labute approximate surface area is 134 Å². The number of halogens is 1.